The molecule has 0 bridgehead atoms. The fraction of sp³-hybridized carbons (Fsp3) is 0.455. The van der Waals surface area contributed by atoms with E-state index in [-0.39, 0.29) is 22.2 Å². The first-order valence-electron chi connectivity index (χ1n) is 20.0. The molecule has 0 aliphatic rings. The van der Waals surface area contributed by atoms with Gasteiger partial charge in [0.15, 0.2) is 33.3 Å². The largest absolute Gasteiger partial charge is 0.637 e. The van der Waals surface area contributed by atoms with E-state index in [1.165, 1.54) is 22.3 Å². The van der Waals surface area contributed by atoms with Crippen LogP contribution in [0.3, 0.4) is 0 Å². The van der Waals surface area contributed by atoms with Gasteiger partial charge in [-0.3, -0.25) is 0 Å². The molecular formula is C44H68O4Si5. The Kier molecular flexibility index (Phi) is 15.3. The van der Waals surface area contributed by atoms with Crippen LogP contribution in [0.5, 0.6) is 0 Å². The minimum atomic E-state index is -3.94. The van der Waals surface area contributed by atoms with Gasteiger partial charge in [-0.05, 0) is 100 Å². The Labute approximate surface area is 328 Å². The summed E-state index contributed by atoms with van der Waals surface area (Å²) in [4.78, 5) is 0. The molecule has 0 amide bonds. The van der Waals surface area contributed by atoms with Gasteiger partial charge in [0.2, 0.25) is 0 Å². The maximum atomic E-state index is 7.95. The third-order valence-corrected chi connectivity index (χ3v) is 33.4. The molecule has 0 heterocycles. The summed E-state index contributed by atoms with van der Waals surface area (Å²) < 4.78 is 31.8. The van der Waals surface area contributed by atoms with E-state index in [4.69, 9.17) is 16.5 Å². The van der Waals surface area contributed by atoms with Crippen molar-refractivity contribution in [3.05, 3.63) is 144 Å². The number of hydrogen-bond acceptors (Lipinski definition) is 4. The summed E-state index contributed by atoms with van der Waals surface area (Å²) in [6, 6.07) is 43.8. The second-order valence-electron chi connectivity index (χ2n) is 16.8. The van der Waals surface area contributed by atoms with E-state index in [9.17, 15) is 0 Å². The molecule has 0 aliphatic carbocycles. The first-order valence-corrected chi connectivity index (χ1v) is 33.6. The fourth-order valence-corrected chi connectivity index (χ4v) is 32.7. The molecule has 9 heteroatoms. The third kappa shape index (κ3) is 11.0. The van der Waals surface area contributed by atoms with Crippen LogP contribution in [0.25, 0.3) is 0 Å². The average molecular weight is 801 g/mol. The molecule has 0 N–H and O–H groups in total. The van der Waals surface area contributed by atoms with Gasteiger partial charge >= 0.3 is 9.05 Å². The average Bonchev–Trinajstić information content (AvgIpc) is 3.09. The summed E-state index contributed by atoms with van der Waals surface area (Å²) in [5.41, 5.74) is 6.26. The highest BCUT2D eigenvalue weighted by Crippen LogP contribution is 2.44. The molecule has 288 valence electrons. The molecule has 0 aromatic heterocycles. The summed E-state index contributed by atoms with van der Waals surface area (Å²) in [6.07, 6.45) is 3.89. The smallest absolute Gasteiger partial charge is 0.395 e. The lowest BCUT2D eigenvalue weighted by atomic mass is 10.1. The van der Waals surface area contributed by atoms with Crippen LogP contribution < -0.4 is 0 Å². The summed E-state index contributed by atoms with van der Waals surface area (Å²) in [7, 11) is -14.4. The van der Waals surface area contributed by atoms with Crippen molar-refractivity contribution in [2.45, 2.75) is 128 Å². The number of benzene rings is 4. The Morgan fingerprint density at radius 3 is 0.642 bits per heavy atom. The Hall–Kier alpha value is -2.20. The van der Waals surface area contributed by atoms with Crippen LogP contribution in [0.4, 0.5) is 0 Å². The van der Waals surface area contributed by atoms with E-state index in [0.29, 0.717) is 0 Å². The van der Waals surface area contributed by atoms with E-state index in [1.807, 2.05) is 0 Å². The topological polar surface area (TPSA) is 36.9 Å². The molecule has 4 aromatic rings. The zero-order chi connectivity index (χ0) is 38.9. The lowest BCUT2D eigenvalue weighted by Crippen LogP contribution is -2.69. The first kappa shape index (κ1) is 43.5. The van der Waals surface area contributed by atoms with Crippen LogP contribution >= 0.6 is 0 Å². The van der Waals surface area contributed by atoms with Crippen LogP contribution in [0.1, 0.15) is 97.8 Å². The molecular weight excluding hydrogens is 733 g/mol. The molecule has 0 saturated heterocycles. The van der Waals surface area contributed by atoms with E-state index in [2.05, 4.69) is 201 Å². The van der Waals surface area contributed by atoms with Crippen molar-refractivity contribution in [2.75, 3.05) is 0 Å². The zero-order valence-corrected chi connectivity index (χ0v) is 39.8. The molecule has 4 unspecified atom stereocenters. The Morgan fingerprint density at radius 2 is 0.491 bits per heavy atom. The third-order valence-electron chi connectivity index (χ3n) is 11.3. The summed E-state index contributed by atoms with van der Waals surface area (Å²) in [5, 5.41) is 0. The van der Waals surface area contributed by atoms with Gasteiger partial charge in [0.25, 0.3) is 0 Å². The van der Waals surface area contributed by atoms with Gasteiger partial charge < -0.3 is 16.5 Å². The van der Waals surface area contributed by atoms with Crippen molar-refractivity contribution in [1.82, 2.24) is 0 Å². The Balaban J connectivity index is 1.98. The summed E-state index contributed by atoms with van der Waals surface area (Å²) in [6.45, 7) is 28.2. The minimum Gasteiger partial charge on any atom is -0.395 e. The molecule has 4 rings (SSSR count). The second-order valence-corrected chi connectivity index (χ2v) is 36.7. The predicted octanol–water partition coefficient (Wildman–Crippen LogP) is 13.2. The number of hydrogen-bond donors (Lipinski definition) is 0. The summed E-state index contributed by atoms with van der Waals surface area (Å²) in [5.74, 6) is 0. The van der Waals surface area contributed by atoms with Crippen molar-refractivity contribution < 1.29 is 16.5 Å². The molecule has 0 fully saturated rings. The highest BCUT2D eigenvalue weighted by Gasteiger charge is 2.62. The Morgan fingerprint density at radius 1 is 0.321 bits per heavy atom. The van der Waals surface area contributed by atoms with Crippen LogP contribution in [0, 0.1) is 0 Å². The van der Waals surface area contributed by atoms with E-state index >= 15 is 0 Å². The second kappa shape index (κ2) is 18.6. The zero-order valence-electron chi connectivity index (χ0n) is 34.8. The van der Waals surface area contributed by atoms with Gasteiger partial charge in [0, 0.05) is 22.2 Å². The highest BCUT2D eigenvalue weighted by molar-refractivity contribution is 6.93. The van der Waals surface area contributed by atoms with Crippen LogP contribution in [0.15, 0.2) is 121 Å². The van der Waals surface area contributed by atoms with Crippen molar-refractivity contribution in [3.63, 3.8) is 0 Å². The van der Waals surface area contributed by atoms with Crippen molar-refractivity contribution >= 4 is 42.3 Å². The molecule has 4 nitrogen and oxygen atoms in total. The van der Waals surface area contributed by atoms with Gasteiger partial charge in [-0.1, -0.05) is 149 Å². The summed E-state index contributed by atoms with van der Waals surface area (Å²) >= 11 is 0. The van der Waals surface area contributed by atoms with Crippen molar-refractivity contribution in [2.24, 2.45) is 0 Å². The molecule has 0 aliphatic heterocycles. The van der Waals surface area contributed by atoms with Gasteiger partial charge in [-0.15, -0.1) is 0 Å². The molecule has 0 saturated carbocycles. The van der Waals surface area contributed by atoms with E-state index < -0.39 is 42.3 Å². The molecule has 4 atom stereocenters. The van der Waals surface area contributed by atoms with Gasteiger partial charge in [-0.2, -0.15) is 0 Å². The van der Waals surface area contributed by atoms with Crippen LogP contribution in [-0.4, -0.2) is 42.3 Å². The van der Waals surface area contributed by atoms with Crippen LogP contribution in [0.2, 0.25) is 52.4 Å². The SMILES string of the molecule is CCC(c1ccccc1)[Si](C)(C)O[Si](O[Si](C)(C)C(CC)c1ccccc1)(O[Si](C)(C)C(CC)c1ccccc1)O[Si](C)(C)C(CC)c1ccccc1. The van der Waals surface area contributed by atoms with Crippen LogP contribution in [-0.2, 0) is 16.5 Å². The number of rotatable bonds is 20. The van der Waals surface area contributed by atoms with Crippen molar-refractivity contribution in [3.8, 4) is 0 Å². The first-order chi connectivity index (χ1) is 25.0. The van der Waals surface area contributed by atoms with Gasteiger partial charge in [0.05, 0.1) is 0 Å². The van der Waals surface area contributed by atoms with E-state index in [0.717, 1.165) is 25.7 Å². The van der Waals surface area contributed by atoms with Crippen molar-refractivity contribution in [1.29, 1.82) is 0 Å². The standard InChI is InChI=1S/C44H68O4Si5/c1-13-41(37-29-21-17-22-30-37)49(5,6)45-53(46-50(7,8)42(14-2)38-31-23-18-24-32-38,47-51(9,10)43(15-3)39-33-25-19-26-34-39)48-52(11,12)44(16-4)40-35-27-20-28-36-40/h17-36,41-44H,13-16H2,1-12H3. The lowest BCUT2D eigenvalue weighted by Gasteiger charge is -2.50. The molecule has 53 heavy (non-hydrogen) atoms. The Bertz CT molecular complexity index is 1400. The van der Waals surface area contributed by atoms with E-state index in [1.54, 1.807) is 0 Å². The quantitative estimate of drug-likeness (QED) is 0.0834. The van der Waals surface area contributed by atoms with Gasteiger partial charge in [0.1, 0.15) is 0 Å². The fourth-order valence-electron chi connectivity index (χ4n) is 8.95. The lowest BCUT2D eigenvalue weighted by molar-refractivity contribution is 0.138. The molecule has 0 spiro atoms. The monoisotopic (exact) mass is 800 g/mol. The minimum absolute atomic E-state index is 0.244. The maximum absolute atomic E-state index is 7.95. The highest BCUT2D eigenvalue weighted by atomic mass is 28.5. The normalized spacial score (nSPS) is 16.4. The predicted molar refractivity (Wildman–Crippen MR) is 238 cm³/mol. The molecule has 4 aromatic carbocycles. The maximum Gasteiger partial charge on any atom is 0.637 e. The van der Waals surface area contributed by atoms with Gasteiger partial charge in [-0.25, -0.2) is 0 Å². The molecule has 0 radical (unpaired) electrons.